The second-order valence-electron chi connectivity index (χ2n) is 4.90. The zero-order valence-electron chi connectivity index (χ0n) is 12.6. The number of rotatable bonds is 8. The van der Waals surface area contributed by atoms with Crippen molar-refractivity contribution in [2.75, 3.05) is 6.61 Å². The SMILES string of the molecule is CCc1ccc(CNC(=O)CCCOc2ccc(F)cc2)s1. The zero-order valence-corrected chi connectivity index (χ0v) is 13.4. The average molecular weight is 321 g/mol. The van der Waals surface area contributed by atoms with E-state index in [0.717, 1.165) is 6.42 Å². The highest BCUT2D eigenvalue weighted by atomic mass is 32.1. The lowest BCUT2D eigenvalue weighted by Crippen LogP contribution is -2.22. The van der Waals surface area contributed by atoms with Crippen molar-refractivity contribution >= 4 is 17.2 Å². The summed E-state index contributed by atoms with van der Waals surface area (Å²) in [4.78, 5) is 14.2. The molecule has 0 spiro atoms. The number of thiophene rings is 1. The van der Waals surface area contributed by atoms with Gasteiger partial charge >= 0.3 is 0 Å². The van der Waals surface area contributed by atoms with Crippen molar-refractivity contribution in [2.24, 2.45) is 0 Å². The zero-order chi connectivity index (χ0) is 15.8. The molecule has 0 bridgehead atoms. The van der Waals surface area contributed by atoms with Gasteiger partial charge in [0.05, 0.1) is 13.2 Å². The van der Waals surface area contributed by atoms with Crippen LogP contribution in [0.25, 0.3) is 0 Å². The Morgan fingerprint density at radius 1 is 1.18 bits per heavy atom. The van der Waals surface area contributed by atoms with Crippen molar-refractivity contribution in [3.8, 4) is 5.75 Å². The molecule has 0 aliphatic heterocycles. The fourth-order valence-electron chi connectivity index (χ4n) is 1.94. The second kappa shape index (κ2) is 8.54. The van der Waals surface area contributed by atoms with Crippen LogP contribution < -0.4 is 10.1 Å². The Balaban J connectivity index is 1.60. The van der Waals surface area contributed by atoms with Crippen LogP contribution in [0.15, 0.2) is 36.4 Å². The highest BCUT2D eigenvalue weighted by Gasteiger charge is 2.04. The molecule has 0 radical (unpaired) electrons. The van der Waals surface area contributed by atoms with E-state index in [2.05, 4.69) is 24.4 Å². The first-order valence-electron chi connectivity index (χ1n) is 7.40. The molecular formula is C17H20FNO2S. The van der Waals surface area contributed by atoms with Crippen LogP contribution in [0.2, 0.25) is 0 Å². The van der Waals surface area contributed by atoms with Crippen LogP contribution in [0.4, 0.5) is 4.39 Å². The van der Waals surface area contributed by atoms with Gasteiger partial charge in [-0.2, -0.15) is 0 Å². The number of aryl methyl sites for hydroxylation is 1. The number of ether oxygens (including phenoxy) is 1. The van der Waals surface area contributed by atoms with Gasteiger partial charge in [-0.3, -0.25) is 4.79 Å². The molecule has 1 aromatic carbocycles. The summed E-state index contributed by atoms with van der Waals surface area (Å²) in [5, 5.41) is 2.91. The lowest BCUT2D eigenvalue weighted by Gasteiger charge is -2.06. The van der Waals surface area contributed by atoms with Gasteiger partial charge in [0.2, 0.25) is 5.91 Å². The molecule has 0 fully saturated rings. The molecule has 0 atom stereocenters. The number of carbonyl (C=O) groups is 1. The summed E-state index contributed by atoms with van der Waals surface area (Å²) in [6, 6.07) is 10.0. The Labute approximate surface area is 134 Å². The van der Waals surface area contributed by atoms with Crippen LogP contribution in [0.3, 0.4) is 0 Å². The highest BCUT2D eigenvalue weighted by molar-refractivity contribution is 7.11. The van der Waals surface area contributed by atoms with Gasteiger partial charge in [0.1, 0.15) is 11.6 Å². The Hall–Kier alpha value is -1.88. The van der Waals surface area contributed by atoms with Gasteiger partial charge < -0.3 is 10.1 Å². The van der Waals surface area contributed by atoms with Crippen molar-refractivity contribution in [3.63, 3.8) is 0 Å². The first-order chi connectivity index (χ1) is 10.7. The van der Waals surface area contributed by atoms with E-state index in [1.165, 1.54) is 21.9 Å². The predicted molar refractivity (Wildman–Crippen MR) is 86.7 cm³/mol. The Kier molecular flexibility index (Phi) is 6.40. The topological polar surface area (TPSA) is 38.3 Å². The molecule has 0 saturated carbocycles. The van der Waals surface area contributed by atoms with Crippen LogP contribution in [-0.2, 0) is 17.8 Å². The van der Waals surface area contributed by atoms with Gasteiger partial charge in [-0.25, -0.2) is 4.39 Å². The maximum atomic E-state index is 12.7. The van der Waals surface area contributed by atoms with Crippen molar-refractivity contribution < 1.29 is 13.9 Å². The third kappa shape index (κ3) is 5.48. The van der Waals surface area contributed by atoms with E-state index >= 15 is 0 Å². The number of amides is 1. The molecule has 5 heteroatoms. The van der Waals surface area contributed by atoms with Crippen molar-refractivity contribution in [1.82, 2.24) is 5.32 Å². The van der Waals surface area contributed by atoms with Gasteiger partial charge in [-0.15, -0.1) is 11.3 Å². The van der Waals surface area contributed by atoms with Crippen molar-refractivity contribution in [1.29, 1.82) is 0 Å². The van der Waals surface area contributed by atoms with Gasteiger partial charge in [0.15, 0.2) is 0 Å². The molecule has 22 heavy (non-hydrogen) atoms. The molecule has 3 nitrogen and oxygen atoms in total. The van der Waals surface area contributed by atoms with Crippen LogP contribution >= 0.6 is 11.3 Å². The molecule has 1 amide bonds. The lowest BCUT2D eigenvalue weighted by molar-refractivity contribution is -0.121. The molecule has 0 aliphatic rings. The third-order valence-electron chi connectivity index (χ3n) is 3.16. The Bertz CT molecular complexity index is 595. The lowest BCUT2D eigenvalue weighted by atomic mass is 10.3. The smallest absolute Gasteiger partial charge is 0.220 e. The van der Waals surface area contributed by atoms with Crippen molar-refractivity contribution in [3.05, 3.63) is 52.0 Å². The van der Waals surface area contributed by atoms with E-state index in [0.29, 0.717) is 31.7 Å². The van der Waals surface area contributed by atoms with E-state index in [1.54, 1.807) is 23.5 Å². The van der Waals surface area contributed by atoms with Crippen LogP contribution in [0, 0.1) is 5.82 Å². The largest absolute Gasteiger partial charge is 0.494 e. The molecule has 2 rings (SSSR count). The molecule has 0 unspecified atom stereocenters. The Morgan fingerprint density at radius 2 is 1.91 bits per heavy atom. The minimum atomic E-state index is -0.286. The molecule has 1 aromatic heterocycles. The fraction of sp³-hybridized carbons (Fsp3) is 0.353. The number of hydrogen-bond donors (Lipinski definition) is 1. The van der Waals surface area contributed by atoms with Gasteiger partial charge in [-0.1, -0.05) is 6.92 Å². The minimum absolute atomic E-state index is 0.0224. The highest BCUT2D eigenvalue weighted by Crippen LogP contribution is 2.16. The van der Waals surface area contributed by atoms with Gasteiger partial charge in [0.25, 0.3) is 0 Å². The maximum absolute atomic E-state index is 12.7. The normalized spacial score (nSPS) is 10.5. The summed E-state index contributed by atoms with van der Waals surface area (Å²) in [6.45, 7) is 3.15. The molecule has 118 valence electrons. The van der Waals surface area contributed by atoms with Crippen LogP contribution in [-0.4, -0.2) is 12.5 Å². The van der Waals surface area contributed by atoms with E-state index in [4.69, 9.17) is 4.74 Å². The summed E-state index contributed by atoms with van der Waals surface area (Å²) in [5.41, 5.74) is 0. The Morgan fingerprint density at radius 3 is 2.59 bits per heavy atom. The molecule has 0 aliphatic carbocycles. The van der Waals surface area contributed by atoms with Gasteiger partial charge in [0, 0.05) is 16.2 Å². The number of carbonyl (C=O) groups excluding carboxylic acids is 1. The van der Waals surface area contributed by atoms with E-state index in [1.807, 2.05) is 0 Å². The van der Waals surface area contributed by atoms with Crippen molar-refractivity contribution in [2.45, 2.75) is 32.7 Å². The number of hydrogen-bond acceptors (Lipinski definition) is 3. The van der Waals surface area contributed by atoms with E-state index in [9.17, 15) is 9.18 Å². The standard InChI is InChI=1S/C17H20FNO2S/c1-2-15-9-10-16(22-15)12-19-17(20)4-3-11-21-14-7-5-13(18)6-8-14/h5-10H,2-4,11-12H2,1H3,(H,19,20). The molecule has 1 N–H and O–H groups in total. The summed E-state index contributed by atoms with van der Waals surface area (Å²) >= 11 is 1.73. The van der Waals surface area contributed by atoms with Crippen LogP contribution in [0.5, 0.6) is 5.75 Å². The average Bonchev–Trinajstić information content (AvgIpc) is 2.99. The number of nitrogens with one attached hydrogen (secondary N) is 1. The molecule has 1 heterocycles. The summed E-state index contributed by atoms with van der Waals surface area (Å²) in [5.74, 6) is 0.355. The predicted octanol–water partition coefficient (Wildman–Crippen LogP) is 3.93. The quantitative estimate of drug-likeness (QED) is 0.748. The summed E-state index contributed by atoms with van der Waals surface area (Å²) in [6.07, 6.45) is 2.08. The van der Waals surface area contributed by atoms with Crippen LogP contribution in [0.1, 0.15) is 29.5 Å². The molecule has 0 saturated heterocycles. The van der Waals surface area contributed by atoms with E-state index < -0.39 is 0 Å². The van der Waals surface area contributed by atoms with Gasteiger partial charge in [-0.05, 0) is 49.2 Å². The number of halogens is 1. The summed E-state index contributed by atoms with van der Waals surface area (Å²) in [7, 11) is 0. The first-order valence-corrected chi connectivity index (χ1v) is 8.21. The molecule has 2 aromatic rings. The molecular weight excluding hydrogens is 301 g/mol. The summed E-state index contributed by atoms with van der Waals surface area (Å²) < 4.78 is 18.2. The second-order valence-corrected chi connectivity index (χ2v) is 6.16. The minimum Gasteiger partial charge on any atom is -0.494 e. The first kappa shape index (κ1) is 16.5. The number of benzene rings is 1. The third-order valence-corrected chi connectivity index (χ3v) is 4.39. The fourth-order valence-corrected chi connectivity index (χ4v) is 2.83. The van der Waals surface area contributed by atoms with E-state index in [-0.39, 0.29) is 11.7 Å². The monoisotopic (exact) mass is 321 g/mol. The maximum Gasteiger partial charge on any atom is 0.220 e.